The van der Waals surface area contributed by atoms with Crippen molar-refractivity contribution in [1.82, 2.24) is 9.88 Å². The number of fused-ring (bicyclic) bond motifs is 1. The number of benzene rings is 2. The maximum atomic E-state index is 12.6. The molecule has 4 nitrogen and oxygen atoms in total. The number of hydrogen-bond donors (Lipinski definition) is 1. The van der Waals surface area contributed by atoms with Crippen molar-refractivity contribution >= 4 is 39.8 Å². The predicted molar refractivity (Wildman–Crippen MR) is 112 cm³/mol. The molecular formula is C23H21ClN2O2. The van der Waals surface area contributed by atoms with E-state index in [4.69, 9.17) is 11.6 Å². The lowest BCUT2D eigenvalue weighted by Crippen LogP contribution is -2.34. The number of carbonyl (C=O) groups excluding carboxylic acids is 2. The number of aromatic nitrogens is 1. The van der Waals surface area contributed by atoms with E-state index in [1.807, 2.05) is 29.2 Å². The van der Waals surface area contributed by atoms with Gasteiger partial charge in [-0.3, -0.25) is 9.59 Å². The Kier molecular flexibility index (Phi) is 5.31. The van der Waals surface area contributed by atoms with Crippen molar-refractivity contribution in [3.8, 4) is 0 Å². The van der Waals surface area contributed by atoms with Gasteiger partial charge in [-0.25, -0.2) is 0 Å². The van der Waals surface area contributed by atoms with Crippen LogP contribution in [0.3, 0.4) is 0 Å². The van der Waals surface area contributed by atoms with Crippen LogP contribution in [0.1, 0.15) is 35.2 Å². The molecule has 0 radical (unpaired) electrons. The van der Waals surface area contributed by atoms with Gasteiger partial charge in [0.15, 0.2) is 5.78 Å². The van der Waals surface area contributed by atoms with Crippen molar-refractivity contribution < 1.29 is 9.59 Å². The molecule has 0 saturated heterocycles. The second-order valence-electron chi connectivity index (χ2n) is 7.00. The maximum absolute atomic E-state index is 12.6. The highest BCUT2D eigenvalue weighted by Crippen LogP contribution is 2.25. The van der Waals surface area contributed by atoms with Crippen molar-refractivity contribution in [2.45, 2.75) is 19.3 Å². The van der Waals surface area contributed by atoms with E-state index in [0.717, 1.165) is 17.3 Å². The molecule has 0 saturated carbocycles. The number of aromatic amines is 1. The van der Waals surface area contributed by atoms with Crippen molar-refractivity contribution in [3.05, 3.63) is 77.0 Å². The van der Waals surface area contributed by atoms with Gasteiger partial charge in [-0.15, -0.1) is 0 Å². The fraction of sp³-hybridized carbons (Fsp3) is 0.217. The quantitative estimate of drug-likeness (QED) is 0.614. The predicted octanol–water partition coefficient (Wildman–Crippen LogP) is 5.10. The normalized spacial score (nSPS) is 14.2. The minimum atomic E-state index is -0.0422. The first-order valence-electron chi connectivity index (χ1n) is 9.44. The molecule has 1 aliphatic heterocycles. The number of Topliss-reactive ketones (excluding diaryl/α,β-unsaturated/α-hetero) is 1. The summed E-state index contributed by atoms with van der Waals surface area (Å²) < 4.78 is 0. The van der Waals surface area contributed by atoms with Crippen molar-refractivity contribution in [2.75, 3.05) is 13.1 Å². The molecule has 5 heteroatoms. The van der Waals surface area contributed by atoms with Gasteiger partial charge in [-0.2, -0.15) is 0 Å². The monoisotopic (exact) mass is 392 g/mol. The van der Waals surface area contributed by atoms with E-state index in [1.54, 1.807) is 18.3 Å². The van der Waals surface area contributed by atoms with E-state index in [1.165, 1.54) is 11.1 Å². The summed E-state index contributed by atoms with van der Waals surface area (Å²) in [5, 5.41) is 1.39. The molecule has 0 fully saturated rings. The molecule has 0 atom stereocenters. The van der Waals surface area contributed by atoms with Gasteiger partial charge in [0.1, 0.15) is 0 Å². The second kappa shape index (κ2) is 8.03. The molecule has 0 bridgehead atoms. The fourth-order valence-electron chi connectivity index (χ4n) is 3.65. The van der Waals surface area contributed by atoms with E-state index < -0.39 is 0 Å². The third-order valence-electron chi connectivity index (χ3n) is 5.22. The molecule has 3 aromatic rings. The highest BCUT2D eigenvalue weighted by Gasteiger charge is 2.20. The Hall–Kier alpha value is -2.85. The number of nitrogens with one attached hydrogen (secondary N) is 1. The molecule has 1 aliphatic rings. The zero-order valence-corrected chi connectivity index (χ0v) is 16.2. The highest BCUT2D eigenvalue weighted by atomic mass is 35.5. The summed E-state index contributed by atoms with van der Waals surface area (Å²) in [7, 11) is 0. The highest BCUT2D eigenvalue weighted by molar-refractivity contribution is 6.31. The molecule has 2 heterocycles. The Labute approximate surface area is 168 Å². The van der Waals surface area contributed by atoms with Crippen LogP contribution >= 0.6 is 11.6 Å². The lowest BCUT2D eigenvalue weighted by molar-refractivity contribution is -0.130. The molecule has 2 aromatic carbocycles. The third kappa shape index (κ3) is 3.87. The number of rotatable bonds is 5. The Bertz CT molecular complexity index is 1050. The molecular weight excluding hydrogens is 372 g/mol. The molecule has 28 heavy (non-hydrogen) atoms. The van der Waals surface area contributed by atoms with E-state index in [-0.39, 0.29) is 24.5 Å². The molecule has 1 N–H and O–H groups in total. The summed E-state index contributed by atoms with van der Waals surface area (Å²) in [6.45, 7) is 1.29. The van der Waals surface area contributed by atoms with Crippen LogP contribution in [0, 0.1) is 0 Å². The standard InChI is InChI=1S/C23H21ClN2O2/c24-18-6-7-21-19(14-18)20(15-25-21)22(27)8-9-23(28)26-12-10-17(11-13-26)16-4-2-1-3-5-16/h1-7,10,14-15,25H,8-9,11-13H2. The van der Waals surface area contributed by atoms with Crippen molar-refractivity contribution in [1.29, 1.82) is 0 Å². The van der Waals surface area contributed by atoms with E-state index in [2.05, 4.69) is 23.2 Å². The van der Waals surface area contributed by atoms with Crippen LogP contribution in [0.4, 0.5) is 0 Å². The van der Waals surface area contributed by atoms with E-state index in [0.29, 0.717) is 23.7 Å². The molecule has 4 rings (SSSR count). The van der Waals surface area contributed by atoms with Crippen LogP contribution in [0.15, 0.2) is 60.8 Å². The number of ketones is 1. The lowest BCUT2D eigenvalue weighted by atomic mass is 9.99. The van der Waals surface area contributed by atoms with Gasteiger partial charge in [0.05, 0.1) is 0 Å². The summed E-state index contributed by atoms with van der Waals surface area (Å²) in [6, 6.07) is 15.7. The minimum Gasteiger partial charge on any atom is -0.360 e. The Morgan fingerprint density at radius 1 is 1.07 bits per heavy atom. The van der Waals surface area contributed by atoms with E-state index >= 15 is 0 Å². The first-order chi connectivity index (χ1) is 13.6. The van der Waals surface area contributed by atoms with E-state index in [9.17, 15) is 9.59 Å². The summed E-state index contributed by atoms with van der Waals surface area (Å²) in [5.74, 6) is -0.0195. The largest absolute Gasteiger partial charge is 0.360 e. The van der Waals surface area contributed by atoms with Crippen LogP contribution in [0.2, 0.25) is 5.02 Å². The number of halogens is 1. The number of H-pyrrole nitrogens is 1. The molecule has 142 valence electrons. The molecule has 0 aliphatic carbocycles. The summed E-state index contributed by atoms with van der Waals surface area (Å²) in [4.78, 5) is 30.1. The van der Waals surface area contributed by atoms with Gasteiger partial charge in [-0.05, 0) is 35.8 Å². The van der Waals surface area contributed by atoms with Crippen LogP contribution in [0.5, 0.6) is 0 Å². The molecule has 0 unspecified atom stereocenters. The van der Waals surface area contributed by atoms with Crippen molar-refractivity contribution in [2.24, 2.45) is 0 Å². The maximum Gasteiger partial charge on any atom is 0.223 e. The van der Waals surface area contributed by atoms with Crippen LogP contribution in [-0.4, -0.2) is 34.7 Å². The number of amides is 1. The Morgan fingerprint density at radius 2 is 1.89 bits per heavy atom. The van der Waals surface area contributed by atoms with Crippen molar-refractivity contribution in [3.63, 3.8) is 0 Å². The third-order valence-corrected chi connectivity index (χ3v) is 5.45. The average Bonchev–Trinajstić information content (AvgIpc) is 3.15. The van der Waals surface area contributed by atoms with Gasteiger partial charge in [-0.1, -0.05) is 48.0 Å². The number of nitrogens with zero attached hydrogens (tertiary/aromatic N) is 1. The van der Waals surface area contributed by atoms with Gasteiger partial charge in [0.2, 0.25) is 5.91 Å². The van der Waals surface area contributed by atoms with Crippen LogP contribution in [0.25, 0.3) is 16.5 Å². The number of hydrogen-bond acceptors (Lipinski definition) is 2. The molecule has 1 aromatic heterocycles. The topological polar surface area (TPSA) is 53.2 Å². The fourth-order valence-corrected chi connectivity index (χ4v) is 3.82. The van der Waals surface area contributed by atoms with Crippen LogP contribution < -0.4 is 0 Å². The first-order valence-corrected chi connectivity index (χ1v) is 9.81. The SMILES string of the molecule is O=C(CCC(=O)N1CC=C(c2ccccc2)CC1)c1c[nH]c2ccc(Cl)cc12. The second-order valence-corrected chi connectivity index (χ2v) is 7.44. The lowest BCUT2D eigenvalue weighted by Gasteiger charge is -2.26. The van der Waals surface area contributed by atoms with Gasteiger partial charge < -0.3 is 9.88 Å². The zero-order chi connectivity index (χ0) is 19.5. The summed E-state index contributed by atoms with van der Waals surface area (Å²) in [6.07, 6.45) is 5.07. The Morgan fingerprint density at radius 3 is 2.64 bits per heavy atom. The molecule has 0 spiro atoms. The summed E-state index contributed by atoms with van der Waals surface area (Å²) >= 11 is 6.05. The summed E-state index contributed by atoms with van der Waals surface area (Å²) in [5.41, 5.74) is 3.95. The minimum absolute atomic E-state index is 0.0228. The first kappa shape index (κ1) is 18.5. The molecule has 1 amide bonds. The zero-order valence-electron chi connectivity index (χ0n) is 15.5. The average molecular weight is 393 g/mol. The smallest absolute Gasteiger partial charge is 0.223 e. The Balaban J connectivity index is 1.36. The van der Waals surface area contributed by atoms with Crippen LogP contribution in [-0.2, 0) is 4.79 Å². The van der Waals surface area contributed by atoms with Gasteiger partial charge in [0, 0.05) is 53.6 Å². The van der Waals surface area contributed by atoms with Gasteiger partial charge >= 0.3 is 0 Å². The number of carbonyl (C=O) groups is 2. The van der Waals surface area contributed by atoms with Gasteiger partial charge in [0.25, 0.3) is 0 Å².